The van der Waals surface area contributed by atoms with Crippen molar-refractivity contribution in [2.45, 2.75) is 0 Å². The highest BCUT2D eigenvalue weighted by Gasteiger charge is 2.00. The summed E-state index contributed by atoms with van der Waals surface area (Å²) < 4.78 is 1.94. The summed E-state index contributed by atoms with van der Waals surface area (Å²) in [5.41, 5.74) is 1.00. The van der Waals surface area contributed by atoms with Gasteiger partial charge in [0.05, 0.1) is 11.9 Å². The average molecular weight is 174 g/mol. The molecule has 0 aromatic carbocycles. The van der Waals surface area contributed by atoms with Crippen LogP contribution in [0, 0.1) is 0 Å². The number of nitrogens with one attached hydrogen (secondary N) is 1. The molecule has 2 rings (SSSR count). The number of pyridine rings is 1. The van der Waals surface area contributed by atoms with Crippen LogP contribution in [0.4, 0.5) is 5.95 Å². The van der Waals surface area contributed by atoms with Crippen LogP contribution in [-0.4, -0.2) is 21.6 Å². The van der Waals surface area contributed by atoms with Crippen molar-refractivity contribution >= 4 is 5.95 Å². The van der Waals surface area contributed by atoms with E-state index >= 15 is 0 Å². The van der Waals surface area contributed by atoms with E-state index in [-0.39, 0.29) is 0 Å². The second kappa shape index (κ2) is 3.26. The third-order valence-electron chi connectivity index (χ3n) is 1.79. The van der Waals surface area contributed by atoms with Crippen LogP contribution >= 0.6 is 0 Å². The molecule has 13 heavy (non-hydrogen) atoms. The monoisotopic (exact) mass is 174 g/mol. The summed E-state index contributed by atoms with van der Waals surface area (Å²) in [6, 6.07) is 3.88. The molecule has 0 atom stereocenters. The number of imidazole rings is 1. The molecule has 0 amide bonds. The highest BCUT2D eigenvalue weighted by Crippen LogP contribution is 2.11. The maximum absolute atomic E-state index is 4.14. The van der Waals surface area contributed by atoms with Crippen molar-refractivity contribution in [3.63, 3.8) is 0 Å². The molecule has 2 aromatic heterocycles. The lowest BCUT2D eigenvalue weighted by Crippen LogP contribution is -2.00. The van der Waals surface area contributed by atoms with E-state index in [0.29, 0.717) is 0 Å². The van der Waals surface area contributed by atoms with Crippen molar-refractivity contribution in [2.24, 2.45) is 0 Å². The zero-order valence-corrected chi connectivity index (χ0v) is 7.31. The van der Waals surface area contributed by atoms with Gasteiger partial charge in [-0.25, -0.2) is 4.98 Å². The maximum Gasteiger partial charge on any atom is 0.207 e. The van der Waals surface area contributed by atoms with Crippen LogP contribution in [0.3, 0.4) is 0 Å². The van der Waals surface area contributed by atoms with Gasteiger partial charge in [0.15, 0.2) is 0 Å². The van der Waals surface area contributed by atoms with E-state index < -0.39 is 0 Å². The average Bonchev–Trinajstić information content (AvgIpc) is 2.67. The van der Waals surface area contributed by atoms with Gasteiger partial charge in [0.2, 0.25) is 5.95 Å². The van der Waals surface area contributed by atoms with Crippen molar-refractivity contribution in [3.8, 4) is 5.69 Å². The van der Waals surface area contributed by atoms with Gasteiger partial charge >= 0.3 is 0 Å². The summed E-state index contributed by atoms with van der Waals surface area (Å²) in [4.78, 5) is 8.17. The van der Waals surface area contributed by atoms with E-state index in [2.05, 4.69) is 15.3 Å². The number of nitrogens with zero attached hydrogens (tertiary/aromatic N) is 3. The van der Waals surface area contributed by atoms with Crippen LogP contribution < -0.4 is 5.32 Å². The number of rotatable bonds is 2. The summed E-state index contributed by atoms with van der Waals surface area (Å²) >= 11 is 0. The molecular formula is C9H10N4. The second-order valence-electron chi connectivity index (χ2n) is 2.58. The zero-order chi connectivity index (χ0) is 9.10. The van der Waals surface area contributed by atoms with E-state index in [9.17, 15) is 0 Å². The Bertz CT molecular complexity index is 380. The fourth-order valence-electron chi connectivity index (χ4n) is 1.19. The van der Waals surface area contributed by atoms with Crippen molar-refractivity contribution < 1.29 is 0 Å². The Morgan fingerprint density at radius 2 is 2.31 bits per heavy atom. The maximum atomic E-state index is 4.14. The fraction of sp³-hybridized carbons (Fsp3) is 0.111. The lowest BCUT2D eigenvalue weighted by molar-refractivity contribution is 1.04. The van der Waals surface area contributed by atoms with Crippen LogP contribution in [0.2, 0.25) is 0 Å². The molecule has 0 spiro atoms. The minimum absolute atomic E-state index is 0.813. The molecule has 0 aliphatic heterocycles. The molecule has 4 nitrogen and oxygen atoms in total. The largest absolute Gasteiger partial charge is 0.358 e. The zero-order valence-electron chi connectivity index (χ0n) is 7.31. The van der Waals surface area contributed by atoms with E-state index in [1.807, 2.05) is 29.9 Å². The number of aromatic nitrogens is 3. The highest BCUT2D eigenvalue weighted by atomic mass is 15.2. The van der Waals surface area contributed by atoms with Gasteiger partial charge in [0.25, 0.3) is 0 Å². The molecule has 0 aliphatic rings. The van der Waals surface area contributed by atoms with Crippen molar-refractivity contribution in [3.05, 3.63) is 36.9 Å². The molecule has 2 heterocycles. The standard InChI is InChI=1S/C9H10N4/c1-10-9-12-5-6-13(9)8-3-2-4-11-7-8/h2-7H,1H3,(H,10,12). The predicted molar refractivity (Wildman–Crippen MR) is 50.9 cm³/mol. The number of anilines is 1. The van der Waals surface area contributed by atoms with Gasteiger partial charge in [-0.05, 0) is 12.1 Å². The molecule has 0 unspecified atom stereocenters. The smallest absolute Gasteiger partial charge is 0.207 e. The molecule has 66 valence electrons. The van der Waals surface area contributed by atoms with Gasteiger partial charge in [0.1, 0.15) is 0 Å². The molecule has 1 N–H and O–H groups in total. The van der Waals surface area contributed by atoms with Crippen LogP contribution in [0.5, 0.6) is 0 Å². The number of hydrogen-bond acceptors (Lipinski definition) is 3. The lowest BCUT2D eigenvalue weighted by Gasteiger charge is -2.05. The summed E-state index contributed by atoms with van der Waals surface area (Å²) in [7, 11) is 1.84. The van der Waals surface area contributed by atoms with Gasteiger partial charge < -0.3 is 5.32 Å². The number of hydrogen-bond donors (Lipinski definition) is 1. The summed E-state index contributed by atoms with van der Waals surface area (Å²) in [5, 5.41) is 3.00. The first-order chi connectivity index (χ1) is 6.42. The van der Waals surface area contributed by atoms with Crippen LogP contribution in [0.15, 0.2) is 36.9 Å². The van der Waals surface area contributed by atoms with Crippen LogP contribution in [-0.2, 0) is 0 Å². The first-order valence-electron chi connectivity index (χ1n) is 4.03. The fourth-order valence-corrected chi connectivity index (χ4v) is 1.19. The minimum atomic E-state index is 0.813. The quantitative estimate of drug-likeness (QED) is 0.746. The molecule has 0 bridgehead atoms. The molecule has 0 fully saturated rings. The Morgan fingerprint density at radius 1 is 1.38 bits per heavy atom. The summed E-state index contributed by atoms with van der Waals surface area (Å²) in [6.07, 6.45) is 7.18. The Hall–Kier alpha value is -1.84. The van der Waals surface area contributed by atoms with E-state index in [1.54, 1.807) is 18.6 Å². The molecule has 4 heteroatoms. The van der Waals surface area contributed by atoms with E-state index in [0.717, 1.165) is 11.6 Å². The van der Waals surface area contributed by atoms with Gasteiger partial charge in [-0.3, -0.25) is 9.55 Å². The van der Waals surface area contributed by atoms with Crippen molar-refractivity contribution in [2.75, 3.05) is 12.4 Å². The second-order valence-corrected chi connectivity index (χ2v) is 2.58. The van der Waals surface area contributed by atoms with Gasteiger partial charge in [-0.15, -0.1) is 0 Å². The minimum Gasteiger partial charge on any atom is -0.358 e. The Morgan fingerprint density at radius 3 is 3.00 bits per heavy atom. The molecule has 0 aliphatic carbocycles. The SMILES string of the molecule is CNc1nccn1-c1cccnc1. The van der Waals surface area contributed by atoms with Gasteiger partial charge in [-0.1, -0.05) is 0 Å². The van der Waals surface area contributed by atoms with Gasteiger partial charge in [0, 0.05) is 25.6 Å². The molecule has 0 radical (unpaired) electrons. The Kier molecular flexibility index (Phi) is 1.96. The lowest BCUT2D eigenvalue weighted by atomic mass is 10.4. The molecule has 0 saturated carbocycles. The van der Waals surface area contributed by atoms with Crippen molar-refractivity contribution in [1.29, 1.82) is 0 Å². The molecular weight excluding hydrogens is 164 g/mol. The Balaban J connectivity index is 2.47. The molecule has 2 aromatic rings. The third kappa shape index (κ3) is 1.38. The normalized spacial score (nSPS) is 9.92. The van der Waals surface area contributed by atoms with E-state index in [1.165, 1.54) is 0 Å². The summed E-state index contributed by atoms with van der Waals surface area (Å²) in [6.45, 7) is 0. The Labute approximate surface area is 76.3 Å². The van der Waals surface area contributed by atoms with Crippen LogP contribution in [0.1, 0.15) is 0 Å². The van der Waals surface area contributed by atoms with Crippen LogP contribution in [0.25, 0.3) is 5.69 Å². The van der Waals surface area contributed by atoms with Crippen molar-refractivity contribution in [1.82, 2.24) is 14.5 Å². The highest BCUT2D eigenvalue weighted by molar-refractivity contribution is 5.39. The first kappa shape index (κ1) is 7.79. The first-order valence-corrected chi connectivity index (χ1v) is 4.03. The molecule has 0 saturated heterocycles. The topological polar surface area (TPSA) is 42.7 Å². The predicted octanol–water partition coefficient (Wildman–Crippen LogP) is 1.31. The third-order valence-corrected chi connectivity index (χ3v) is 1.79. The summed E-state index contributed by atoms with van der Waals surface area (Å²) in [5.74, 6) is 0.813. The van der Waals surface area contributed by atoms with Gasteiger partial charge in [-0.2, -0.15) is 0 Å². The van der Waals surface area contributed by atoms with E-state index in [4.69, 9.17) is 0 Å².